The number of carbonyl (C=O) groups is 2. The molecule has 0 aromatic rings. The third-order valence-electron chi connectivity index (χ3n) is 7.98. The van der Waals surface area contributed by atoms with Crippen LogP contribution < -0.4 is 0 Å². The minimum Gasteiger partial charge on any atom is -0.450 e. The van der Waals surface area contributed by atoms with Crippen LogP contribution in [0, 0.1) is 11.3 Å². The van der Waals surface area contributed by atoms with E-state index in [2.05, 4.69) is 4.90 Å². The Morgan fingerprint density at radius 1 is 0.968 bits per heavy atom. The number of rotatable bonds is 6. The number of hydrogen-bond donors (Lipinski definition) is 0. The maximum atomic E-state index is 12.5. The Morgan fingerprint density at radius 3 is 2.45 bits per heavy atom. The summed E-state index contributed by atoms with van der Waals surface area (Å²) in [6.45, 7) is 7.85. The van der Waals surface area contributed by atoms with Crippen molar-refractivity contribution in [1.82, 2.24) is 14.7 Å². The second-order valence-corrected chi connectivity index (χ2v) is 9.82. The second-order valence-electron chi connectivity index (χ2n) is 9.82. The van der Waals surface area contributed by atoms with Gasteiger partial charge in [0, 0.05) is 38.8 Å². The molecule has 8 nitrogen and oxygen atoms in total. The summed E-state index contributed by atoms with van der Waals surface area (Å²) < 4.78 is 15.5. The van der Waals surface area contributed by atoms with E-state index in [4.69, 9.17) is 14.2 Å². The third kappa shape index (κ3) is 4.95. The van der Waals surface area contributed by atoms with Crippen LogP contribution in [-0.2, 0) is 14.2 Å². The van der Waals surface area contributed by atoms with Crippen molar-refractivity contribution in [2.75, 3.05) is 59.7 Å². The highest BCUT2D eigenvalue weighted by Gasteiger charge is 2.51. The SMILES string of the molecule is CCOC(=O)N1CCC2(CC(N3CCC(C4CCCN4C(=O)OCCOC)CC3)C2)C1. The molecule has 1 saturated carbocycles. The molecule has 0 aromatic heterocycles. The molecule has 0 N–H and O–H groups in total. The zero-order chi connectivity index (χ0) is 21.8. The number of hydrogen-bond acceptors (Lipinski definition) is 6. The molecule has 8 heteroatoms. The average molecular weight is 438 g/mol. The number of carbonyl (C=O) groups excluding carboxylic acids is 2. The van der Waals surface area contributed by atoms with E-state index >= 15 is 0 Å². The van der Waals surface area contributed by atoms with Gasteiger partial charge in [-0.1, -0.05) is 0 Å². The van der Waals surface area contributed by atoms with Crippen molar-refractivity contribution >= 4 is 12.2 Å². The predicted octanol–water partition coefficient (Wildman–Crippen LogP) is 2.96. The maximum absolute atomic E-state index is 12.5. The first kappa shape index (κ1) is 22.6. The van der Waals surface area contributed by atoms with Gasteiger partial charge in [0.2, 0.25) is 0 Å². The minimum atomic E-state index is -0.171. The van der Waals surface area contributed by atoms with Gasteiger partial charge in [0.15, 0.2) is 0 Å². The number of nitrogens with zero attached hydrogens (tertiary/aromatic N) is 3. The third-order valence-corrected chi connectivity index (χ3v) is 7.98. The molecular formula is C23H39N3O5. The Labute approximate surface area is 186 Å². The molecule has 0 radical (unpaired) electrons. The highest BCUT2D eigenvalue weighted by atomic mass is 16.6. The van der Waals surface area contributed by atoms with Crippen LogP contribution >= 0.6 is 0 Å². The zero-order valence-electron chi connectivity index (χ0n) is 19.2. The fourth-order valence-corrected chi connectivity index (χ4v) is 6.31. The van der Waals surface area contributed by atoms with Crippen molar-refractivity contribution in [3.05, 3.63) is 0 Å². The van der Waals surface area contributed by atoms with Gasteiger partial charge in [0.05, 0.1) is 13.2 Å². The number of ether oxygens (including phenoxy) is 3. The van der Waals surface area contributed by atoms with Crippen LogP contribution in [0.15, 0.2) is 0 Å². The topological polar surface area (TPSA) is 71.6 Å². The van der Waals surface area contributed by atoms with Crippen molar-refractivity contribution in [3.8, 4) is 0 Å². The van der Waals surface area contributed by atoms with Crippen LogP contribution in [0.5, 0.6) is 0 Å². The monoisotopic (exact) mass is 437 g/mol. The Morgan fingerprint density at radius 2 is 1.74 bits per heavy atom. The smallest absolute Gasteiger partial charge is 0.410 e. The van der Waals surface area contributed by atoms with E-state index in [-0.39, 0.29) is 12.2 Å². The maximum Gasteiger partial charge on any atom is 0.410 e. The van der Waals surface area contributed by atoms with Crippen molar-refractivity contribution in [3.63, 3.8) is 0 Å². The first-order chi connectivity index (χ1) is 15.0. The summed E-state index contributed by atoms with van der Waals surface area (Å²) in [4.78, 5) is 31.0. The lowest BCUT2D eigenvalue weighted by atomic mass is 9.64. The van der Waals surface area contributed by atoms with Crippen LogP contribution in [0.3, 0.4) is 0 Å². The van der Waals surface area contributed by atoms with Crippen LogP contribution in [0.4, 0.5) is 9.59 Å². The molecule has 31 heavy (non-hydrogen) atoms. The lowest BCUT2D eigenvalue weighted by molar-refractivity contribution is -0.0162. The van der Waals surface area contributed by atoms with Crippen molar-refractivity contribution in [1.29, 1.82) is 0 Å². The van der Waals surface area contributed by atoms with Gasteiger partial charge >= 0.3 is 12.2 Å². The molecule has 3 heterocycles. The van der Waals surface area contributed by atoms with Crippen LogP contribution in [0.25, 0.3) is 0 Å². The van der Waals surface area contributed by atoms with Gasteiger partial charge in [-0.2, -0.15) is 0 Å². The highest BCUT2D eigenvalue weighted by molar-refractivity contribution is 5.68. The fraction of sp³-hybridized carbons (Fsp3) is 0.913. The van der Waals surface area contributed by atoms with E-state index in [1.165, 1.54) is 12.8 Å². The molecule has 1 atom stereocenters. The molecule has 3 aliphatic heterocycles. The van der Waals surface area contributed by atoms with Crippen molar-refractivity contribution in [2.24, 2.45) is 11.3 Å². The van der Waals surface area contributed by atoms with E-state index < -0.39 is 0 Å². The summed E-state index contributed by atoms with van der Waals surface area (Å²) in [6.07, 6.45) is 7.69. The highest BCUT2D eigenvalue weighted by Crippen LogP contribution is 2.51. The molecule has 2 amide bonds. The number of methoxy groups -OCH3 is 1. The minimum absolute atomic E-state index is 0.148. The quantitative estimate of drug-likeness (QED) is 0.595. The van der Waals surface area contributed by atoms with Crippen molar-refractivity contribution in [2.45, 2.75) is 64.0 Å². The predicted molar refractivity (Wildman–Crippen MR) is 116 cm³/mol. The second kappa shape index (κ2) is 9.94. The molecule has 4 aliphatic rings. The van der Waals surface area contributed by atoms with Gasteiger partial charge in [0.1, 0.15) is 6.61 Å². The lowest BCUT2D eigenvalue weighted by Crippen LogP contribution is -2.55. The molecule has 1 spiro atoms. The summed E-state index contributed by atoms with van der Waals surface area (Å²) in [5.41, 5.74) is 0.322. The molecule has 4 fully saturated rings. The Balaban J connectivity index is 1.20. The summed E-state index contributed by atoms with van der Waals surface area (Å²) in [5.74, 6) is 0.577. The van der Waals surface area contributed by atoms with Crippen LogP contribution in [-0.4, -0.2) is 98.6 Å². The summed E-state index contributed by atoms with van der Waals surface area (Å²) in [7, 11) is 1.62. The molecule has 176 valence electrons. The number of piperidine rings is 1. The molecule has 4 rings (SSSR count). The van der Waals surface area contributed by atoms with Gasteiger partial charge in [-0.3, -0.25) is 0 Å². The Kier molecular flexibility index (Phi) is 7.26. The van der Waals surface area contributed by atoms with Gasteiger partial charge in [-0.15, -0.1) is 0 Å². The summed E-state index contributed by atoms with van der Waals surface area (Å²) >= 11 is 0. The van der Waals surface area contributed by atoms with E-state index in [1.54, 1.807) is 7.11 Å². The lowest BCUT2D eigenvalue weighted by Gasteiger charge is -2.52. The molecule has 3 saturated heterocycles. The van der Waals surface area contributed by atoms with Gasteiger partial charge in [-0.05, 0) is 76.3 Å². The van der Waals surface area contributed by atoms with Gasteiger partial charge in [0.25, 0.3) is 0 Å². The molecular weight excluding hydrogens is 398 g/mol. The number of likely N-dealkylation sites (tertiary alicyclic amines) is 3. The van der Waals surface area contributed by atoms with Crippen LogP contribution in [0.1, 0.15) is 51.9 Å². The first-order valence-electron chi connectivity index (χ1n) is 12.1. The summed E-state index contributed by atoms with van der Waals surface area (Å²) in [6, 6.07) is 0.986. The fourth-order valence-electron chi connectivity index (χ4n) is 6.31. The molecule has 1 aliphatic carbocycles. The average Bonchev–Trinajstić information content (AvgIpc) is 3.41. The van der Waals surface area contributed by atoms with E-state index in [0.29, 0.717) is 43.2 Å². The Hall–Kier alpha value is -1.54. The Bertz CT molecular complexity index is 631. The van der Waals surface area contributed by atoms with Crippen molar-refractivity contribution < 1.29 is 23.8 Å². The van der Waals surface area contributed by atoms with Gasteiger partial charge < -0.3 is 28.9 Å². The first-order valence-corrected chi connectivity index (χ1v) is 12.1. The zero-order valence-corrected chi connectivity index (χ0v) is 19.2. The summed E-state index contributed by atoms with van der Waals surface area (Å²) in [5, 5.41) is 0. The molecule has 1 unspecified atom stereocenters. The largest absolute Gasteiger partial charge is 0.450 e. The van der Waals surface area contributed by atoms with E-state index in [1.807, 2.05) is 16.7 Å². The molecule has 0 bridgehead atoms. The molecule has 0 aromatic carbocycles. The van der Waals surface area contributed by atoms with E-state index in [0.717, 1.165) is 64.8 Å². The van der Waals surface area contributed by atoms with E-state index in [9.17, 15) is 9.59 Å². The van der Waals surface area contributed by atoms with Gasteiger partial charge in [-0.25, -0.2) is 9.59 Å². The number of amides is 2. The standard InChI is InChI=1S/C23H39N3O5/c1-3-30-21(27)25-12-8-23(17-25)15-19(16-23)24-10-6-18(7-11-24)20-5-4-9-26(20)22(28)31-14-13-29-2/h18-20H,3-17H2,1-2H3. The van der Waals surface area contributed by atoms with Crippen LogP contribution in [0.2, 0.25) is 0 Å². The normalized spacial score (nSPS) is 31.8.